The van der Waals surface area contributed by atoms with Gasteiger partial charge in [-0.25, -0.2) is 4.79 Å². The number of hydrogen-bond acceptors (Lipinski definition) is 2. The van der Waals surface area contributed by atoms with Crippen molar-refractivity contribution in [2.24, 2.45) is 7.05 Å². The fraction of sp³-hybridized carbons (Fsp3) is 0.545. The molecule has 0 aliphatic heterocycles. The van der Waals surface area contributed by atoms with E-state index in [1.165, 1.54) is 0 Å². The summed E-state index contributed by atoms with van der Waals surface area (Å²) in [6.45, 7) is 7.99. The van der Waals surface area contributed by atoms with E-state index in [1.54, 1.807) is 11.6 Å². The summed E-state index contributed by atoms with van der Waals surface area (Å²) in [4.78, 5) is 11.0. The van der Waals surface area contributed by atoms with E-state index >= 15 is 0 Å². The highest BCUT2D eigenvalue weighted by Gasteiger charge is 2.27. The molecule has 4 nitrogen and oxygen atoms in total. The maximum absolute atomic E-state index is 11.0. The Morgan fingerprint density at radius 1 is 1.40 bits per heavy atom. The topological polar surface area (TPSA) is 68.2 Å². The Morgan fingerprint density at radius 3 is 2.07 bits per heavy atom. The van der Waals surface area contributed by atoms with E-state index < -0.39 is 5.97 Å². The van der Waals surface area contributed by atoms with Gasteiger partial charge in [0.2, 0.25) is 0 Å². The Bertz CT molecular complexity index is 411. The van der Waals surface area contributed by atoms with Crippen LogP contribution < -0.4 is 5.73 Å². The van der Waals surface area contributed by atoms with Gasteiger partial charge in [-0.3, -0.25) is 0 Å². The minimum absolute atomic E-state index is 0.110. The van der Waals surface area contributed by atoms with Crippen LogP contribution in [-0.4, -0.2) is 15.6 Å². The minimum atomic E-state index is -0.978. The molecule has 0 amide bonds. The van der Waals surface area contributed by atoms with Gasteiger partial charge in [-0.2, -0.15) is 0 Å². The van der Waals surface area contributed by atoms with E-state index in [4.69, 9.17) is 10.8 Å². The highest BCUT2D eigenvalue weighted by atomic mass is 16.4. The third kappa shape index (κ3) is 1.71. The number of carboxylic acids is 1. The molecule has 0 fully saturated rings. The molecular weight excluding hydrogens is 192 g/mol. The van der Waals surface area contributed by atoms with E-state index in [1.807, 2.05) is 27.7 Å². The van der Waals surface area contributed by atoms with Crippen LogP contribution in [-0.2, 0) is 12.5 Å². The van der Waals surface area contributed by atoms with Crippen LogP contribution in [0.4, 0.5) is 5.69 Å². The number of rotatable bonds is 1. The van der Waals surface area contributed by atoms with E-state index in [0.717, 1.165) is 11.3 Å². The van der Waals surface area contributed by atoms with Crippen LogP contribution >= 0.6 is 0 Å². The number of nitrogens with zero attached hydrogens (tertiary/aromatic N) is 1. The number of nitrogen functional groups attached to an aromatic ring is 1. The van der Waals surface area contributed by atoms with Crippen molar-refractivity contribution in [1.82, 2.24) is 4.57 Å². The Balaban J connectivity index is 3.58. The van der Waals surface area contributed by atoms with Crippen molar-refractivity contribution in [1.29, 1.82) is 0 Å². The van der Waals surface area contributed by atoms with Gasteiger partial charge in [0.05, 0.1) is 5.69 Å². The molecule has 1 aromatic rings. The third-order valence-electron chi connectivity index (χ3n) is 2.60. The summed E-state index contributed by atoms with van der Waals surface area (Å²) >= 11 is 0. The first kappa shape index (κ1) is 11.6. The second kappa shape index (κ2) is 3.29. The monoisotopic (exact) mass is 210 g/mol. The minimum Gasteiger partial charge on any atom is -0.477 e. The molecule has 0 unspecified atom stereocenters. The van der Waals surface area contributed by atoms with Crippen LogP contribution in [0.1, 0.15) is 42.5 Å². The Labute approximate surface area is 89.7 Å². The van der Waals surface area contributed by atoms with Crippen LogP contribution in [0.15, 0.2) is 0 Å². The van der Waals surface area contributed by atoms with Crippen molar-refractivity contribution in [2.75, 3.05) is 5.73 Å². The lowest BCUT2D eigenvalue weighted by Crippen LogP contribution is -2.19. The fourth-order valence-electron chi connectivity index (χ4n) is 2.17. The standard InChI is InChI=1S/C11H18N2O2/c1-6-7(12)8(10(14)15)13(5)9(6)11(2,3)4/h12H2,1-5H3,(H,14,15). The predicted molar refractivity (Wildman–Crippen MR) is 60.2 cm³/mol. The van der Waals surface area contributed by atoms with Crippen LogP contribution in [0.3, 0.4) is 0 Å². The Hall–Kier alpha value is -1.45. The molecule has 0 saturated heterocycles. The van der Waals surface area contributed by atoms with Gasteiger partial charge in [-0.05, 0) is 12.5 Å². The number of aromatic carboxylic acids is 1. The van der Waals surface area contributed by atoms with Crippen molar-refractivity contribution in [3.8, 4) is 0 Å². The van der Waals surface area contributed by atoms with Crippen molar-refractivity contribution < 1.29 is 9.90 Å². The molecule has 0 spiro atoms. The molecule has 1 heterocycles. The summed E-state index contributed by atoms with van der Waals surface area (Å²) in [6, 6.07) is 0. The van der Waals surface area contributed by atoms with Gasteiger partial charge >= 0.3 is 5.97 Å². The van der Waals surface area contributed by atoms with E-state index in [0.29, 0.717) is 5.69 Å². The average molecular weight is 210 g/mol. The molecule has 0 saturated carbocycles. The molecule has 0 aliphatic carbocycles. The molecule has 3 N–H and O–H groups in total. The van der Waals surface area contributed by atoms with Gasteiger partial charge in [0.25, 0.3) is 0 Å². The largest absolute Gasteiger partial charge is 0.477 e. The quantitative estimate of drug-likeness (QED) is 0.744. The van der Waals surface area contributed by atoms with E-state index in [2.05, 4.69) is 0 Å². The zero-order chi connectivity index (χ0) is 12.0. The number of carboxylic acid groups (broad SMARTS) is 1. The molecule has 84 valence electrons. The summed E-state index contributed by atoms with van der Waals surface area (Å²) in [6.07, 6.45) is 0. The SMILES string of the molecule is Cc1c(N)c(C(=O)O)n(C)c1C(C)(C)C. The molecular formula is C11H18N2O2. The molecule has 0 bridgehead atoms. The lowest BCUT2D eigenvalue weighted by Gasteiger charge is -2.21. The van der Waals surface area contributed by atoms with Crippen molar-refractivity contribution >= 4 is 11.7 Å². The summed E-state index contributed by atoms with van der Waals surface area (Å²) in [5.41, 5.74) is 8.07. The van der Waals surface area contributed by atoms with E-state index in [9.17, 15) is 4.79 Å². The second-order valence-electron chi connectivity index (χ2n) is 4.85. The second-order valence-corrected chi connectivity index (χ2v) is 4.85. The van der Waals surface area contributed by atoms with Crippen LogP contribution in [0, 0.1) is 6.92 Å². The third-order valence-corrected chi connectivity index (χ3v) is 2.60. The van der Waals surface area contributed by atoms with Gasteiger partial charge in [0.15, 0.2) is 5.69 Å². The number of anilines is 1. The number of hydrogen-bond donors (Lipinski definition) is 2. The summed E-state index contributed by atoms with van der Waals surface area (Å²) in [5, 5.41) is 9.05. The zero-order valence-electron chi connectivity index (χ0n) is 9.88. The first-order valence-corrected chi connectivity index (χ1v) is 4.86. The Morgan fingerprint density at radius 2 is 1.87 bits per heavy atom. The van der Waals surface area contributed by atoms with Crippen LogP contribution in [0.25, 0.3) is 0 Å². The molecule has 0 aromatic carbocycles. The first-order valence-electron chi connectivity index (χ1n) is 4.86. The Kier molecular flexibility index (Phi) is 2.55. The molecule has 0 atom stereocenters. The summed E-state index contributed by atoms with van der Waals surface area (Å²) in [5.74, 6) is -0.978. The van der Waals surface area contributed by atoms with Gasteiger partial charge < -0.3 is 15.4 Å². The number of carbonyl (C=O) groups is 1. The van der Waals surface area contributed by atoms with Gasteiger partial charge in [0.1, 0.15) is 0 Å². The van der Waals surface area contributed by atoms with Crippen LogP contribution in [0.5, 0.6) is 0 Å². The number of aromatic nitrogens is 1. The van der Waals surface area contributed by atoms with Crippen molar-refractivity contribution in [2.45, 2.75) is 33.1 Å². The maximum atomic E-state index is 11.0. The zero-order valence-corrected chi connectivity index (χ0v) is 9.88. The highest BCUT2D eigenvalue weighted by Crippen LogP contribution is 2.32. The lowest BCUT2D eigenvalue weighted by atomic mass is 9.89. The molecule has 1 rings (SSSR count). The van der Waals surface area contributed by atoms with Crippen molar-refractivity contribution in [3.63, 3.8) is 0 Å². The van der Waals surface area contributed by atoms with Gasteiger partial charge in [-0.1, -0.05) is 20.8 Å². The van der Waals surface area contributed by atoms with Gasteiger partial charge in [0, 0.05) is 18.2 Å². The molecule has 15 heavy (non-hydrogen) atoms. The fourth-order valence-corrected chi connectivity index (χ4v) is 2.17. The van der Waals surface area contributed by atoms with Gasteiger partial charge in [-0.15, -0.1) is 0 Å². The molecule has 4 heteroatoms. The maximum Gasteiger partial charge on any atom is 0.354 e. The molecule has 1 aromatic heterocycles. The molecule has 0 aliphatic rings. The summed E-state index contributed by atoms with van der Waals surface area (Å²) < 4.78 is 1.67. The predicted octanol–water partition coefficient (Wildman–Crippen LogP) is 1.91. The van der Waals surface area contributed by atoms with Crippen molar-refractivity contribution in [3.05, 3.63) is 17.0 Å². The normalized spacial score (nSPS) is 11.8. The summed E-state index contributed by atoms with van der Waals surface area (Å²) in [7, 11) is 1.74. The van der Waals surface area contributed by atoms with Crippen LogP contribution in [0.2, 0.25) is 0 Å². The molecule has 0 radical (unpaired) electrons. The lowest BCUT2D eigenvalue weighted by molar-refractivity contribution is 0.0687. The highest BCUT2D eigenvalue weighted by molar-refractivity contribution is 5.93. The van der Waals surface area contributed by atoms with E-state index in [-0.39, 0.29) is 11.1 Å². The smallest absolute Gasteiger partial charge is 0.354 e. The average Bonchev–Trinajstić information content (AvgIpc) is 2.21. The number of nitrogens with two attached hydrogens (primary N) is 1. The first-order chi connectivity index (χ1) is 6.68.